The summed E-state index contributed by atoms with van der Waals surface area (Å²) in [6, 6.07) is 6.88. The molecule has 25 heavy (non-hydrogen) atoms. The Morgan fingerprint density at radius 2 is 1.76 bits per heavy atom. The summed E-state index contributed by atoms with van der Waals surface area (Å²) >= 11 is 0. The number of benzene rings is 1. The maximum atomic E-state index is 12.5. The molecule has 0 saturated carbocycles. The first-order valence-corrected chi connectivity index (χ1v) is 7.85. The Labute approximate surface area is 146 Å². The number of hydrogen-bond acceptors (Lipinski definition) is 6. The molecule has 0 spiro atoms. The van der Waals surface area contributed by atoms with Gasteiger partial charge in [0.1, 0.15) is 5.75 Å². The highest BCUT2D eigenvalue weighted by Crippen LogP contribution is 2.17. The number of anilines is 1. The van der Waals surface area contributed by atoms with Gasteiger partial charge in [-0.25, -0.2) is 9.78 Å². The van der Waals surface area contributed by atoms with E-state index >= 15 is 0 Å². The minimum absolute atomic E-state index is 0.0634. The molecule has 0 fully saturated rings. The Hall–Kier alpha value is -2.96. The summed E-state index contributed by atoms with van der Waals surface area (Å²) in [6.45, 7) is 5.36. The van der Waals surface area contributed by atoms with Crippen LogP contribution in [-0.2, 0) is 9.53 Å². The summed E-state index contributed by atoms with van der Waals surface area (Å²) in [5.74, 6) is -0.618. The van der Waals surface area contributed by atoms with Crippen LogP contribution >= 0.6 is 0 Å². The number of esters is 1. The molecule has 0 aliphatic rings. The number of methoxy groups -OCH3 is 1. The summed E-state index contributed by atoms with van der Waals surface area (Å²) in [5.41, 5.74) is 1.34. The Kier molecular flexibility index (Phi) is 6.05. The lowest BCUT2D eigenvalue weighted by Crippen LogP contribution is -2.36. The molecule has 0 unspecified atom stereocenters. The molecule has 1 aromatic carbocycles. The molecule has 2 aromatic rings. The highest BCUT2D eigenvalue weighted by atomic mass is 16.5. The number of aryl methyl sites for hydroxylation is 1. The molecule has 7 nitrogen and oxygen atoms in total. The van der Waals surface area contributed by atoms with Gasteiger partial charge in [-0.15, -0.1) is 0 Å². The zero-order chi connectivity index (χ0) is 18.4. The largest absolute Gasteiger partial charge is 0.497 e. The number of ether oxygens (including phenoxy) is 2. The van der Waals surface area contributed by atoms with E-state index in [1.165, 1.54) is 12.4 Å². The van der Waals surface area contributed by atoms with Crippen LogP contribution in [0.15, 0.2) is 36.7 Å². The second-order valence-electron chi connectivity index (χ2n) is 5.83. The van der Waals surface area contributed by atoms with Gasteiger partial charge in [-0.05, 0) is 37.1 Å². The van der Waals surface area contributed by atoms with Crippen LogP contribution in [0.25, 0.3) is 0 Å². The van der Waals surface area contributed by atoms with E-state index < -0.39 is 18.0 Å². The summed E-state index contributed by atoms with van der Waals surface area (Å²) in [7, 11) is 1.57. The lowest BCUT2D eigenvalue weighted by molar-refractivity contribution is -0.126. The number of hydrogen-bond donors (Lipinski definition) is 1. The number of carbonyl (C=O) groups is 2. The van der Waals surface area contributed by atoms with E-state index in [2.05, 4.69) is 15.3 Å². The minimum atomic E-state index is -0.947. The van der Waals surface area contributed by atoms with Crippen molar-refractivity contribution in [2.75, 3.05) is 12.4 Å². The molecule has 7 heteroatoms. The first-order valence-electron chi connectivity index (χ1n) is 7.85. The molecule has 0 bridgehead atoms. The molecule has 1 heterocycles. The van der Waals surface area contributed by atoms with Crippen molar-refractivity contribution in [3.05, 3.63) is 48.0 Å². The van der Waals surface area contributed by atoms with Crippen LogP contribution in [0, 0.1) is 12.8 Å². The Bertz CT molecular complexity index is 727. The van der Waals surface area contributed by atoms with Gasteiger partial charge in [0.05, 0.1) is 19.0 Å². The molecule has 1 aromatic heterocycles. The number of amides is 1. The van der Waals surface area contributed by atoms with Crippen LogP contribution in [-0.4, -0.2) is 35.1 Å². The van der Waals surface area contributed by atoms with Gasteiger partial charge in [0.15, 0.2) is 11.8 Å². The van der Waals surface area contributed by atoms with Crippen LogP contribution in [0.4, 0.5) is 5.69 Å². The second-order valence-corrected chi connectivity index (χ2v) is 5.83. The van der Waals surface area contributed by atoms with E-state index in [0.29, 0.717) is 17.1 Å². The first kappa shape index (κ1) is 18.4. The van der Waals surface area contributed by atoms with Gasteiger partial charge in [0.2, 0.25) is 0 Å². The van der Waals surface area contributed by atoms with E-state index in [1.54, 1.807) is 52.1 Å². The van der Waals surface area contributed by atoms with E-state index in [1.807, 2.05) is 0 Å². The molecule has 0 aliphatic heterocycles. The fourth-order valence-electron chi connectivity index (χ4n) is 2.05. The van der Waals surface area contributed by atoms with Crippen molar-refractivity contribution >= 4 is 17.6 Å². The Morgan fingerprint density at radius 3 is 2.28 bits per heavy atom. The van der Waals surface area contributed by atoms with Gasteiger partial charge >= 0.3 is 5.97 Å². The topological polar surface area (TPSA) is 90.4 Å². The van der Waals surface area contributed by atoms with Crippen molar-refractivity contribution in [3.8, 4) is 5.75 Å². The first-order chi connectivity index (χ1) is 11.9. The molecular formula is C18H21N3O4. The van der Waals surface area contributed by atoms with Gasteiger partial charge in [0.25, 0.3) is 5.91 Å². The molecule has 0 aliphatic carbocycles. The van der Waals surface area contributed by atoms with Crippen molar-refractivity contribution in [2.45, 2.75) is 26.9 Å². The van der Waals surface area contributed by atoms with Gasteiger partial charge in [-0.3, -0.25) is 9.78 Å². The van der Waals surface area contributed by atoms with E-state index in [-0.39, 0.29) is 11.6 Å². The fraction of sp³-hybridized carbons (Fsp3) is 0.333. The quantitative estimate of drug-likeness (QED) is 0.811. The second kappa shape index (κ2) is 8.23. The van der Waals surface area contributed by atoms with Gasteiger partial charge in [0, 0.05) is 11.9 Å². The molecule has 132 valence electrons. The monoisotopic (exact) mass is 343 g/mol. The van der Waals surface area contributed by atoms with Crippen LogP contribution in [0.2, 0.25) is 0 Å². The Morgan fingerprint density at radius 1 is 1.08 bits per heavy atom. The number of rotatable bonds is 6. The summed E-state index contributed by atoms with van der Waals surface area (Å²) in [5, 5.41) is 2.73. The standard InChI is InChI=1S/C18H21N3O4/c1-11(2)16(25-18(23)15-10-19-12(3)9-20-15)17(22)21-13-5-7-14(24-4)8-6-13/h5-11,16H,1-4H3,(H,21,22)/t16-/m0/s1. The third-order valence-corrected chi connectivity index (χ3v) is 3.45. The lowest BCUT2D eigenvalue weighted by atomic mass is 10.1. The van der Waals surface area contributed by atoms with Gasteiger partial charge in [-0.1, -0.05) is 13.8 Å². The van der Waals surface area contributed by atoms with Crippen LogP contribution in [0.1, 0.15) is 30.0 Å². The fourth-order valence-corrected chi connectivity index (χ4v) is 2.05. The number of nitrogens with one attached hydrogen (secondary N) is 1. The zero-order valence-corrected chi connectivity index (χ0v) is 14.6. The molecule has 2 rings (SSSR count). The van der Waals surface area contributed by atoms with E-state index in [4.69, 9.17) is 9.47 Å². The molecule has 1 N–H and O–H groups in total. The van der Waals surface area contributed by atoms with E-state index in [9.17, 15) is 9.59 Å². The minimum Gasteiger partial charge on any atom is -0.497 e. The number of carbonyl (C=O) groups excluding carboxylic acids is 2. The number of nitrogens with zero attached hydrogens (tertiary/aromatic N) is 2. The molecule has 0 radical (unpaired) electrons. The molecule has 1 atom stereocenters. The summed E-state index contributed by atoms with van der Waals surface area (Å²) < 4.78 is 10.4. The molecule has 0 saturated heterocycles. The third kappa shape index (κ3) is 5.00. The van der Waals surface area contributed by atoms with E-state index in [0.717, 1.165) is 0 Å². The SMILES string of the molecule is COc1ccc(NC(=O)[C@@H](OC(=O)c2cnc(C)cn2)C(C)C)cc1. The highest BCUT2D eigenvalue weighted by molar-refractivity contribution is 5.97. The van der Waals surface area contributed by atoms with Crippen LogP contribution < -0.4 is 10.1 Å². The van der Waals surface area contributed by atoms with Crippen molar-refractivity contribution in [1.82, 2.24) is 9.97 Å². The molecular weight excluding hydrogens is 322 g/mol. The third-order valence-electron chi connectivity index (χ3n) is 3.45. The summed E-state index contributed by atoms with van der Waals surface area (Å²) in [4.78, 5) is 32.6. The normalized spacial score (nSPS) is 11.7. The lowest BCUT2D eigenvalue weighted by Gasteiger charge is -2.20. The summed E-state index contributed by atoms with van der Waals surface area (Å²) in [6.07, 6.45) is 1.85. The van der Waals surface area contributed by atoms with Crippen LogP contribution in [0.3, 0.4) is 0 Å². The average molecular weight is 343 g/mol. The highest BCUT2D eigenvalue weighted by Gasteiger charge is 2.27. The predicted molar refractivity (Wildman–Crippen MR) is 92.4 cm³/mol. The predicted octanol–water partition coefficient (Wildman–Crippen LogP) is 2.61. The van der Waals surface area contributed by atoms with Crippen molar-refractivity contribution in [3.63, 3.8) is 0 Å². The van der Waals surface area contributed by atoms with Crippen molar-refractivity contribution in [2.24, 2.45) is 5.92 Å². The van der Waals surface area contributed by atoms with Gasteiger partial charge < -0.3 is 14.8 Å². The zero-order valence-electron chi connectivity index (χ0n) is 14.6. The number of aromatic nitrogens is 2. The van der Waals surface area contributed by atoms with Crippen molar-refractivity contribution in [1.29, 1.82) is 0 Å². The maximum Gasteiger partial charge on any atom is 0.359 e. The Balaban J connectivity index is 2.06. The van der Waals surface area contributed by atoms with Crippen LogP contribution in [0.5, 0.6) is 5.75 Å². The maximum absolute atomic E-state index is 12.5. The smallest absolute Gasteiger partial charge is 0.359 e. The average Bonchev–Trinajstić information content (AvgIpc) is 2.60. The van der Waals surface area contributed by atoms with Gasteiger partial charge in [-0.2, -0.15) is 0 Å². The van der Waals surface area contributed by atoms with Crippen molar-refractivity contribution < 1.29 is 19.1 Å². The molecule has 1 amide bonds.